The number of benzene rings is 6. The average Bonchev–Trinajstić information content (AvgIpc) is 2.90. The molecule has 6 amide bonds. The molecule has 2 saturated heterocycles. The maximum Gasteiger partial charge on any atom is 0.326 e. The van der Waals surface area contributed by atoms with Crippen LogP contribution in [0.2, 0.25) is 0 Å². The fourth-order valence-corrected chi connectivity index (χ4v) is 13.6. The Kier molecular flexibility index (Phi) is 24.7. The highest BCUT2D eigenvalue weighted by Gasteiger charge is 2.27. The van der Waals surface area contributed by atoms with E-state index in [1.807, 2.05) is 116 Å². The summed E-state index contributed by atoms with van der Waals surface area (Å²) in [4.78, 5) is 102. The van der Waals surface area contributed by atoms with Gasteiger partial charge in [0, 0.05) is 162 Å². The van der Waals surface area contributed by atoms with E-state index < -0.39 is 53.5 Å². The minimum Gasteiger partial charge on any atom is -0.480 e. The molecule has 0 spiro atoms. The SMILES string of the molecule is CC(=O)C(Cc1ccc(C#Cc2ccc(C#Cc3ccc(N4CCSSCC4)cc3)cc2)cc1)NC(=O)CCN1C(=O)C=CC1=O.O=C(CCN1C(=O)C=CC1=O)NC(Cc1ccc(C#Cc2ccc(C#Cc3ccc(N4CCSSCC4)cc3)cc2)cc1)C(=O)O. The highest BCUT2D eigenvalue weighted by molar-refractivity contribution is 8.77. The number of carbonyl (C=O) groups is 8. The van der Waals surface area contributed by atoms with Crippen LogP contribution in [0, 0.1) is 47.4 Å². The fraction of sp³-hybridized carbons (Fsp3) is 0.233. The quantitative estimate of drug-likeness (QED) is 0.0473. The lowest BCUT2D eigenvalue weighted by atomic mass is 10.0. The van der Waals surface area contributed by atoms with Gasteiger partial charge < -0.3 is 25.5 Å². The summed E-state index contributed by atoms with van der Waals surface area (Å²) >= 11 is 0. The zero-order valence-corrected chi connectivity index (χ0v) is 53.6. The molecule has 2 fully saturated rings. The first-order valence-electron chi connectivity index (χ1n) is 29.7. The molecule has 92 heavy (non-hydrogen) atoms. The Balaban J connectivity index is 0.000000217. The molecule has 10 rings (SSSR count). The normalized spacial score (nSPS) is 14.9. The molecular weight excluding hydrogens is 1230 g/mol. The summed E-state index contributed by atoms with van der Waals surface area (Å²) in [7, 11) is 7.76. The monoisotopic (exact) mass is 1300 g/mol. The van der Waals surface area contributed by atoms with Crippen LogP contribution in [0.1, 0.15) is 75.4 Å². The Morgan fingerprint density at radius 2 is 0.652 bits per heavy atom. The van der Waals surface area contributed by atoms with E-state index in [4.69, 9.17) is 0 Å². The van der Waals surface area contributed by atoms with Gasteiger partial charge in [0.1, 0.15) is 6.04 Å². The molecule has 0 radical (unpaired) electrons. The maximum atomic E-state index is 12.4. The van der Waals surface area contributed by atoms with Crippen molar-refractivity contribution < 1.29 is 43.5 Å². The molecule has 464 valence electrons. The molecule has 3 N–H and O–H groups in total. The largest absolute Gasteiger partial charge is 0.480 e. The molecule has 15 nitrogen and oxygen atoms in total. The van der Waals surface area contributed by atoms with Crippen molar-refractivity contribution in [1.29, 1.82) is 0 Å². The van der Waals surface area contributed by atoms with Crippen molar-refractivity contribution in [1.82, 2.24) is 20.4 Å². The van der Waals surface area contributed by atoms with Gasteiger partial charge in [-0.15, -0.1) is 0 Å². The van der Waals surface area contributed by atoms with Crippen LogP contribution in [0.4, 0.5) is 11.4 Å². The van der Waals surface area contributed by atoms with Crippen molar-refractivity contribution in [2.45, 2.75) is 44.7 Å². The number of carboxylic acid groups (broad SMARTS) is 1. The molecular formula is C73H64N6O9S4. The second-order valence-corrected chi connectivity index (χ2v) is 26.7. The van der Waals surface area contributed by atoms with Crippen molar-refractivity contribution in [3.05, 3.63) is 226 Å². The Morgan fingerprint density at radius 1 is 0.402 bits per heavy atom. The van der Waals surface area contributed by atoms with E-state index in [0.29, 0.717) is 12.0 Å². The van der Waals surface area contributed by atoms with Gasteiger partial charge in [-0.25, -0.2) is 4.79 Å². The first-order valence-corrected chi connectivity index (χ1v) is 34.7. The van der Waals surface area contributed by atoms with Crippen molar-refractivity contribution in [3.8, 4) is 47.4 Å². The van der Waals surface area contributed by atoms with Crippen LogP contribution in [0.15, 0.2) is 170 Å². The number of ketones is 1. The zero-order valence-electron chi connectivity index (χ0n) is 50.4. The highest BCUT2D eigenvalue weighted by Crippen LogP contribution is 2.28. The molecule has 0 aromatic heterocycles. The first kappa shape index (κ1) is 66.8. The number of nitrogens with zero attached hydrogens (tertiary/aromatic N) is 4. The lowest BCUT2D eigenvalue weighted by Crippen LogP contribution is -2.43. The second-order valence-electron chi connectivity index (χ2n) is 21.3. The summed E-state index contributed by atoms with van der Waals surface area (Å²) in [5.74, 6) is 25.9. The molecule has 0 bridgehead atoms. The highest BCUT2D eigenvalue weighted by atomic mass is 33.1. The van der Waals surface area contributed by atoms with E-state index >= 15 is 0 Å². The number of nitrogens with one attached hydrogen (secondary N) is 2. The third-order valence-electron chi connectivity index (χ3n) is 14.8. The molecule has 4 heterocycles. The lowest BCUT2D eigenvalue weighted by molar-refractivity contribution is -0.142. The molecule has 2 unspecified atom stereocenters. The summed E-state index contributed by atoms with van der Waals surface area (Å²) in [5.41, 5.74) is 11.1. The smallest absolute Gasteiger partial charge is 0.326 e. The summed E-state index contributed by atoms with van der Waals surface area (Å²) in [5, 5.41) is 14.8. The molecule has 6 aromatic rings. The molecule has 4 aliphatic heterocycles. The summed E-state index contributed by atoms with van der Waals surface area (Å²) in [6.07, 6.45) is 4.76. The number of amides is 6. The van der Waals surface area contributed by atoms with Gasteiger partial charge in [-0.3, -0.25) is 43.4 Å². The maximum absolute atomic E-state index is 12.4. The number of carbonyl (C=O) groups excluding carboxylic acids is 7. The van der Waals surface area contributed by atoms with Crippen molar-refractivity contribution in [2.24, 2.45) is 0 Å². The van der Waals surface area contributed by atoms with Crippen molar-refractivity contribution >= 4 is 102 Å². The van der Waals surface area contributed by atoms with Gasteiger partial charge in [0.2, 0.25) is 11.8 Å². The van der Waals surface area contributed by atoms with Gasteiger partial charge in [0.15, 0.2) is 5.78 Å². The number of hydrogen-bond acceptors (Lipinski definition) is 14. The summed E-state index contributed by atoms with van der Waals surface area (Å²) < 4.78 is 0. The molecule has 2 atom stereocenters. The Labute approximate surface area is 551 Å². The number of anilines is 2. The standard InChI is InChI=1S/C37H33N3O4S2.C36H31N3O5S2/c1-27(41)34(38-35(42)20-21-40-36(43)18-19-37(40)44)26-32-12-10-30(11-13-32)7-6-28-2-4-29(5-3-28)8-9-31-14-16-33(17-15-31)39-22-24-45-46-25-23-39;40-33(19-20-39-34(41)17-18-35(39)42)37-32(36(43)44)25-30-11-9-28(10-12-30)6-5-26-1-3-27(4-2-26)7-8-29-13-15-31(16-14-29)38-21-23-45-46-24-22-38/h2-5,10-19,34H,20-26H2,1H3,(H,38,42);1-4,9-18,32H,19-25H2,(H,37,40)(H,43,44). The van der Waals surface area contributed by atoms with E-state index in [0.717, 1.165) is 121 Å². The number of hydrogen-bond donors (Lipinski definition) is 3. The van der Waals surface area contributed by atoms with Crippen LogP contribution in [-0.4, -0.2) is 136 Å². The Bertz CT molecular complexity index is 3700. The third-order valence-corrected chi connectivity index (χ3v) is 19.5. The minimum atomic E-state index is -1.18. The predicted molar refractivity (Wildman–Crippen MR) is 367 cm³/mol. The van der Waals surface area contributed by atoms with Crippen molar-refractivity contribution in [3.63, 3.8) is 0 Å². The topological polar surface area (TPSA) is 194 Å². The van der Waals surface area contributed by atoms with Gasteiger partial charge in [0.05, 0.1) is 6.04 Å². The van der Waals surface area contributed by atoms with Crippen LogP contribution in [-0.2, 0) is 51.2 Å². The zero-order chi connectivity index (χ0) is 64.6. The average molecular weight is 1300 g/mol. The number of imide groups is 2. The van der Waals surface area contributed by atoms with Crippen LogP contribution in [0.3, 0.4) is 0 Å². The van der Waals surface area contributed by atoms with E-state index in [2.05, 4.69) is 116 Å². The van der Waals surface area contributed by atoms with E-state index in [9.17, 15) is 43.5 Å². The number of aliphatic carboxylic acids is 1. The minimum absolute atomic E-state index is 0.0307. The van der Waals surface area contributed by atoms with Gasteiger partial charge in [0.25, 0.3) is 23.6 Å². The number of rotatable bonds is 16. The molecule has 0 saturated carbocycles. The molecule has 6 aromatic carbocycles. The van der Waals surface area contributed by atoms with E-state index in [1.54, 1.807) is 24.3 Å². The van der Waals surface area contributed by atoms with Crippen LogP contribution in [0.25, 0.3) is 0 Å². The second kappa shape index (κ2) is 34.0. The van der Waals surface area contributed by atoms with Gasteiger partial charge in [-0.2, -0.15) is 0 Å². The third kappa shape index (κ3) is 20.7. The van der Waals surface area contributed by atoms with Crippen LogP contribution < -0.4 is 20.4 Å². The van der Waals surface area contributed by atoms with Crippen LogP contribution >= 0.6 is 43.2 Å². The first-order chi connectivity index (χ1) is 44.7. The van der Waals surface area contributed by atoms with Crippen molar-refractivity contribution in [2.75, 3.05) is 72.1 Å². The molecule has 0 aliphatic carbocycles. The van der Waals surface area contributed by atoms with Gasteiger partial charge in [-0.05, 0) is 146 Å². The Morgan fingerprint density at radius 3 is 0.924 bits per heavy atom. The molecule has 4 aliphatic rings. The molecule has 19 heteroatoms. The number of carboxylic acids is 1. The fourth-order valence-electron chi connectivity index (χ4n) is 9.61. The van der Waals surface area contributed by atoms with Gasteiger partial charge in [-0.1, -0.05) is 115 Å². The van der Waals surface area contributed by atoms with Crippen LogP contribution in [0.5, 0.6) is 0 Å². The number of Topliss-reactive ketones (excluding diaryl/α,β-unsaturated/α-hetero) is 1. The Hall–Kier alpha value is -9.60. The van der Waals surface area contributed by atoms with Gasteiger partial charge >= 0.3 is 5.97 Å². The predicted octanol–water partition coefficient (Wildman–Crippen LogP) is 8.73. The summed E-state index contributed by atoms with van der Waals surface area (Å²) in [6, 6.07) is 45.3. The van der Waals surface area contributed by atoms with E-state index in [-0.39, 0.29) is 38.1 Å². The lowest BCUT2D eigenvalue weighted by Gasteiger charge is -2.21. The van der Waals surface area contributed by atoms with E-state index in [1.165, 1.54) is 30.5 Å². The summed E-state index contributed by atoms with van der Waals surface area (Å²) in [6.45, 7) is 5.55.